The Morgan fingerprint density at radius 1 is 1.41 bits per heavy atom. The molecule has 2 rings (SSSR count). The lowest BCUT2D eigenvalue weighted by Gasteiger charge is -2.16. The molecule has 27 heavy (non-hydrogen) atoms. The maximum atomic E-state index is 6.07. The number of halogens is 1. The van der Waals surface area contributed by atoms with Crippen LogP contribution in [0.3, 0.4) is 0 Å². The molecule has 1 fully saturated rings. The number of thioether (sulfide) groups is 1. The zero-order chi connectivity index (χ0) is 18.8. The van der Waals surface area contributed by atoms with Crippen LogP contribution in [0.4, 0.5) is 0 Å². The van der Waals surface area contributed by atoms with E-state index < -0.39 is 0 Å². The van der Waals surface area contributed by atoms with Gasteiger partial charge in [0.1, 0.15) is 12.4 Å². The number of aliphatic imine (C=N–C) groups is 1. The zero-order valence-electron chi connectivity index (χ0n) is 16.9. The van der Waals surface area contributed by atoms with Crippen molar-refractivity contribution < 1.29 is 9.47 Å². The van der Waals surface area contributed by atoms with E-state index in [0.717, 1.165) is 49.8 Å². The van der Waals surface area contributed by atoms with Crippen LogP contribution in [-0.2, 0) is 11.3 Å². The standard InChI is InChI=1S/C20H33N3O2S.HI/c1-5-21-20(22-12-16(3)26-4)23-13-17-9-8-15(2)11-19(17)25-14-18-7-6-10-24-18;/h8-9,11,16,18H,5-7,10,12-14H2,1-4H3,(H2,21,22,23);1H. The van der Waals surface area contributed by atoms with E-state index in [1.54, 1.807) is 0 Å². The molecule has 2 atom stereocenters. The predicted octanol–water partition coefficient (Wildman–Crippen LogP) is 3.98. The second-order valence-corrected chi connectivity index (χ2v) is 7.96. The van der Waals surface area contributed by atoms with Gasteiger partial charge in [-0.15, -0.1) is 24.0 Å². The summed E-state index contributed by atoms with van der Waals surface area (Å²) in [5, 5.41) is 7.26. The van der Waals surface area contributed by atoms with Crippen LogP contribution in [0.25, 0.3) is 0 Å². The van der Waals surface area contributed by atoms with Crippen molar-refractivity contribution in [2.75, 3.05) is 32.6 Å². The molecule has 154 valence electrons. The molecule has 0 radical (unpaired) electrons. The largest absolute Gasteiger partial charge is 0.491 e. The maximum Gasteiger partial charge on any atom is 0.191 e. The molecule has 2 unspecified atom stereocenters. The Bertz CT molecular complexity index is 580. The van der Waals surface area contributed by atoms with Gasteiger partial charge in [0.2, 0.25) is 0 Å². The summed E-state index contributed by atoms with van der Waals surface area (Å²) in [6, 6.07) is 6.31. The Labute approximate surface area is 185 Å². The van der Waals surface area contributed by atoms with Crippen LogP contribution < -0.4 is 15.4 Å². The molecule has 2 N–H and O–H groups in total. The number of aryl methyl sites for hydroxylation is 1. The van der Waals surface area contributed by atoms with E-state index in [2.05, 4.69) is 55.9 Å². The van der Waals surface area contributed by atoms with Crippen molar-refractivity contribution in [3.8, 4) is 5.75 Å². The van der Waals surface area contributed by atoms with Crippen LogP contribution >= 0.6 is 35.7 Å². The number of nitrogens with one attached hydrogen (secondary N) is 2. The molecule has 1 aromatic rings. The monoisotopic (exact) mass is 507 g/mol. The van der Waals surface area contributed by atoms with Gasteiger partial charge in [-0.1, -0.05) is 19.1 Å². The highest BCUT2D eigenvalue weighted by Gasteiger charge is 2.17. The fraction of sp³-hybridized carbons (Fsp3) is 0.650. The summed E-state index contributed by atoms with van der Waals surface area (Å²) in [4.78, 5) is 4.73. The number of ether oxygens (including phenoxy) is 2. The van der Waals surface area contributed by atoms with Gasteiger partial charge in [0, 0.05) is 30.5 Å². The summed E-state index contributed by atoms with van der Waals surface area (Å²) in [5.41, 5.74) is 2.29. The van der Waals surface area contributed by atoms with E-state index in [-0.39, 0.29) is 30.1 Å². The van der Waals surface area contributed by atoms with Crippen molar-refractivity contribution >= 4 is 41.7 Å². The van der Waals surface area contributed by atoms with E-state index >= 15 is 0 Å². The predicted molar refractivity (Wildman–Crippen MR) is 127 cm³/mol. The Balaban J connectivity index is 0.00000364. The molecule has 0 bridgehead atoms. The summed E-state index contributed by atoms with van der Waals surface area (Å²) >= 11 is 1.84. The maximum absolute atomic E-state index is 6.07. The van der Waals surface area contributed by atoms with E-state index in [1.807, 2.05) is 11.8 Å². The third-order valence-corrected chi connectivity index (χ3v) is 5.35. The molecule has 1 aliphatic rings. The number of benzene rings is 1. The van der Waals surface area contributed by atoms with E-state index in [0.29, 0.717) is 18.4 Å². The van der Waals surface area contributed by atoms with Gasteiger partial charge in [0.25, 0.3) is 0 Å². The number of rotatable bonds is 9. The van der Waals surface area contributed by atoms with Crippen molar-refractivity contribution in [2.24, 2.45) is 4.99 Å². The summed E-state index contributed by atoms with van der Waals surface area (Å²) in [5.74, 6) is 1.76. The van der Waals surface area contributed by atoms with Gasteiger partial charge >= 0.3 is 0 Å². The smallest absolute Gasteiger partial charge is 0.191 e. The number of guanidine groups is 1. The molecule has 1 aromatic carbocycles. The van der Waals surface area contributed by atoms with Gasteiger partial charge in [-0.2, -0.15) is 11.8 Å². The molecule has 0 spiro atoms. The van der Waals surface area contributed by atoms with E-state index in [9.17, 15) is 0 Å². The van der Waals surface area contributed by atoms with Gasteiger partial charge in [0.05, 0.1) is 12.6 Å². The first-order valence-electron chi connectivity index (χ1n) is 9.51. The Morgan fingerprint density at radius 2 is 2.22 bits per heavy atom. The molecule has 0 aromatic heterocycles. The number of hydrogen-bond donors (Lipinski definition) is 2. The summed E-state index contributed by atoms with van der Waals surface area (Å²) < 4.78 is 11.7. The second kappa shape index (κ2) is 13.5. The molecular weight excluding hydrogens is 473 g/mol. The highest BCUT2D eigenvalue weighted by molar-refractivity contribution is 14.0. The first kappa shape index (κ1) is 24.4. The van der Waals surface area contributed by atoms with Gasteiger partial charge in [0.15, 0.2) is 5.96 Å². The zero-order valence-corrected chi connectivity index (χ0v) is 20.1. The Morgan fingerprint density at radius 3 is 2.89 bits per heavy atom. The summed E-state index contributed by atoms with van der Waals surface area (Å²) in [6.07, 6.45) is 4.56. The third kappa shape index (κ3) is 8.91. The number of nitrogens with zero attached hydrogens (tertiary/aromatic N) is 1. The normalized spacial score (nSPS) is 17.9. The van der Waals surface area contributed by atoms with Crippen molar-refractivity contribution in [1.29, 1.82) is 0 Å². The number of hydrogen-bond acceptors (Lipinski definition) is 4. The summed E-state index contributed by atoms with van der Waals surface area (Å²) in [7, 11) is 0. The van der Waals surface area contributed by atoms with Gasteiger partial charge in [-0.05, 0) is 44.6 Å². The highest BCUT2D eigenvalue weighted by atomic mass is 127. The fourth-order valence-corrected chi connectivity index (χ4v) is 2.96. The minimum absolute atomic E-state index is 0. The molecule has 1 aliphatic heterocycles. The summed E-state index contributed by atoms with van der Waals surface area (Å²) in [6.45, 7) is 10.2. The molecule has 0 amide bonds. The van der Waals surface area contributed by atoms with Crippen LogP contribution in [0.1, 0.15) is 37.8 Å². The fourth-order valence-electron chi connectivity index (χ4n) is 2.71. The third-order valence-electron chi connectivity index (χ3n) is 4.38. The minimum atomic E-state index is 0. The lowest BCUT2D eigenvalue weighted by Crippen LogP contribution is -2.40. The van der Waals surface area contributed by atoms with Crippen molar-refractivity contribution in [3.63, 3.8) is 0 Å². The average molecular weight is 507 g/mol. The quantitative estimate of drug-likeness (QED) is 0.301. The molecule has 7 heteroatoms. The molecular formula is C20H34IN3O2S. The lowest BCUT2D eigenvalue weighted by atomic mass is 10.1. The van der Waals surface area contributed by atoms with Crippen LogP contribution in [0, 0.1) is 6.92 Å². The Hall–Kier alpha value is -0.670. The first-order chi connectivity index (χ1) is 12.6. The Kier molecular flexibility index (Phi) is 12.2. The van der Waals surface area contributed by atoms with E-state index in [1.165, 1.54) is 5.56 Å². The van der Waals surface area contributed by atoms with Gasteiger partial charge in [-0.25, -0.2) is 4.99 Å². The second-order valence-electron chi connectivity index (χ2n) is 6.68. The van der Waals surface area contributed by atoms with Crippen LogP contribution in [0.5, 0.6) is 5.75 Å². The van der Waals surface area contributed by atoms with Crippen molar-refractivity contribution in [3.05, 3.63) is 29.3 Å². The first-order valence-corrected chi connectivity index (χ1v) is 10.8. The van der Waals surface area contributed by atoms with Crippen LogP contribution in [-0.4, -0.2) is 49.9 Å². The van der Waals surface area contributed by atoms with E-state index in [4.69, 9.17) is 14.5 Å². The minimum Gasteiger partial charge on any atom is -0.491 e. The van der Waals surface area contributed by atoms with Gasteiger partial charge < -0.3 is 20.1 Å². The van der Waals surface area contributed by atoms with Crippen molar-refractivity contribution in [1.82, 2.24) is 10.6 Å². The molecule has 0 aliphatic carbocycles. The van der Waals surface area contributed by atoms with Crippen LogP contribution in [0.2, 0.25) is 0 Å². The average Bonchev–Trinajstić information content (AvgIpc) is 3.16. The molecule has 1 saturated heterocycles. The SMILES string of the molecule is CCNC(=NCc1ccc(C)cc1OCC1CCCO1)NCC(C)SC.I. The molecule has 5 nitrogen and oxygen atoms in total. The lowest BCUT2D eigenvalue weighted by molar-refractivity contribution is 0.0676. The van der Waals surface area contributed by atoms with Crippen LogP contribution in [0.15, 0.2) is 23.2 Å². The molecule has 0 saturated carbocycles. The highest BCUT2D eigenvalue weighted by Crippen LogP contribution is 2.23. The molecule has 1 heterocycles. The van der Waals surface area contributed by atoms with Crippen molar-refractivity contribution in [2.45, 2.75) is 51.5 Å². The van der Waals surface area contributed by atoms with Gasteiger partial charge in [-0.3, -0.25) is 0 Å². The topological polar surface area (TPSA) is 54.9 Å².